The molecular formula is C15H23N. The summed E-state index contributed by atoms with van der Waals surface area (Å²) in [5.74, 6) is 0. The van der Waals surface area contributed by atoms with Gasteiger partial charge in [-0.05, 0) is 30.9 Å². The molecule has 0 unspecified atom stereocenters. The molecular weight excluding hydrogens is 194 g/mol. The molecule has 0 saturated heterocycles. The minimum atomic E-state index is 0.237. The van der Waals surface area contributed by atoms with Crippen LogP contribution in [0.25, 0.3) is 0 Å². The predicted octanol–water partition coefficient (Wildman–Crippen LogP) is 3.41. The highest BCUT2D eigenvalue weighted by Crippen LogP contribution is 2.27. The van der Waals surface area contributed by atoms with Crippen molar-refractivity contribution in [1.82, 2.24) is 5.32 Å². The summed E-state index contributed by atoms with van der Waals surface area (Å²) in [6.07, 6.45) is 4.14. The van der Waals surface area contributed by atoms with Gasteiger partial charge in [-0.1, -0.05) is 44.5 Å². The van der Waals surface area contributed by atoms with Crippen molar-refractivity contribution in [2.24, 2.45) is 0 Å². The monoisotopic (exact) mass is 217 g/mol. The van der Waals surface area contributed by atoms with E-state index in [0.29, 0.717) is 0 Å². The normalized spacial score (nSPS) is 17.2. The Morgan fingerprint density at radius 3 is 2.50 bits per heavy atom. The number of hydrogen-bond donors (Lipinski definition) is 1. The minimum Gasteiger partial charge on any atom is -0.313 e. The fourth-order valence-corrected chi connectivity index (χ4v) is 2.44. The van der Waals surface area contributed by atoms with E-state index < -0.39 is 0 Å². The van der Waals surface area contributed by atoms with Gasteiger partial charge in [0.25, 0.3) is 0 Å². The lowest BCUT2D eigenvalue weighted by atomic mass is 9.81. The lowest BCUT2D eigenvalue weighted by Crippen LogP contribution is -2.42. The van der Waals surface area contributed by atoms with Crippen molar-refractivity contribution in [1.29, 1.82) is 0 Å². The van der Waals surface area contributed by atoms with Crippen LogP contribution in [0, 0.1) is 6.92 Å². The average molecular weight is 217 g/mol. The zero-order valence-corrected chi connectivity index (χ0v) is 10.7. The third-order valence-electron chi connectivity index (χ3n) is 3.81. The Morgan fingerprint density at radius 1 is 1.25 bits per heavy atom. The van der Waals surface area contributed by atoms with Crippen LogP contribution in [0.1, 0.15) is 44.2 Å². The van der Waals surface area contributed by atoms with E-state index in [2.05, 4.69) is 50.4 Å². The average Bonchev–Trinajstić information content (AvgIpc) is 2.15. The zero-order valence-electron chi connectivity index (χ0n) is 10.7. The molecule has 1 saturated carbocycles. The second-order valence-electron chi connectivity index (χ2n) is 5.71. The van der Waals surface area contributed by atoms with Crippen molar-refractivity contribution in [3.8, 4) is 0 Å². The highest BCUT2D eigenvalue weighted by Gasteiger charge is 2.25. The van der Waals surface area contributed by atoms with Crippen LogP contribution in [0.5, 0.6) is 0 Å². The van der Waals surface area contributed by atoms with E-state index >= 15 is 0 Å². The first-order valence-corrected chi connectivity index (χ1v) is 6.39. The summed E-state index contributed by atoms with van der Waals surface area (Å²) in [6, 6.07) is 9.52. The van der Waals surface area contributed by atoms with Gasteiger partial charge in [-0.25, -0.2) is 0 Å². The number of benzene rings is 1. The van der Waals surface area contributed by atoms with E-state index in [0.717, 1.165) is 12.6 Å². The summed E-state index contributed by atoms with van der Waals surface area (Å²) in [5, 5.41) is 3.69. The predicted molar refractivity (Wildman–Crippen MR) is 69.8 cm³/mol. The van der Waals surface area contributed by atoms with Gasteiger partial charge in [-0.2, -0.15) is 0 Å². The van der Waals surface area contributed by atoms with Crippen molar-refractivity contribution < 1.29 is 0 Å². The maximum Gasteiger partial charge on any atom is 0.00674 e. The molecule has 1 aliphatic rings. The molecule has 16 heavy (non-hydrogen) atoms. The molecule has 0 bridgehead atoms. The second-order valence-corrected chi connectivity index (χ2v) is 5.71. The van der Waals surface area contributed by atoms with Crippen LogP contribution < -0.4 is 5.32 Å². The molecule has 0 aromatic heterocycles. The summed E-state index contributed by atoms with van der Waals surface area (Å²) >= 11 is 0. The van der Waals surface area contributed by atoms with Gasteiger partial charge >= 0.3 is 0 Å². The summed E-state index contributed by atoms with van der Waals surface area (Å²) in [6.45, 7) is 7.96. The summed E-state index contributed by atoms with van der Waals surface area (Å²) in [7, 11) is 0. The third-order valence-corrected chi connectivity index (χ3v) is 3.81. The number of rotatable bonds is 4. The lowest BCUT2D eigenvalue weighted by molar-refractivity contribution is 0.311. The first kappa shape index (κ1) is 11.7. The second kappa shape index (κ2) is 4.58. The van der Waals surface area contributed by atoms with Crippen LogP contribution in [0.3, 0.4) is 0 Å². The van der Waals surface area contributed by atoms with Gasteiger partial charge in [0.05, 0.1) is 0 Å². The quantitative estimate of drug-likeness (QED) is 0.815. The molecule has 0 spiro atoms. The maximum atomic E-state index is 3.69. The van der Waals surface area contributed by atoms with E-state index in [1.54, 1.807) is 0 Å². The Kier molecular flexibility index (Phi) is 3.34. The number of nitrogens with one attached hydrogen (secondary N) is 1. The molecule has 1 aliphatic carbocycles. The summed E-state index contributed by atoms with van der Waals surface area (Å²) < 4.78 is 0. The van der Waals surface area contributed by atoms with Crippen LogP contribution in [-0.4, -0.2) is 12.6 Å². The fourth-order valence-electron chi connectivity index (χ4n) is 2.44. The standard InChI is InChI=1S/C15H23N/c1-12-7-4-5-10-14(12)15(2,3)11-16-13-8-6-9-13/h4-5,7,10,13,16H,6,8-9,11H2,1-3H3. The van der Waals surface area contributed by atoms with Crippen molar-refractivity contribution >= 4 is 0 Å². The van der Waals surface area contributed by atoms with E-state index in [1.165, 1.54) is 30.4 Å². The van der Waals surface area contributed by atoms with Gasteiger partial charge in [0.15, 0.2) is 0 Å². The molecule has 0 amide bonds. The van der Waals surface area contributed by atoms with Crippen molar-refractivity contribution in [2.75, 3.05) is 6.54 Å². The molecule has 0 radical (unpaired) electrons. The largest absolute Gasteiger partial charge is 0.313 e. The van der Waals surface area contributed by atoms with E-state index in [9.17, 15) is 0 Å². The molecule has 0 atom stereocenters. The smallest absolute Gasteiger partial charge is 0.00674 e. The Hall–Kier alpha value is -0.820. The lowest BCUT2D eigenvalue weighted by Gasteiger charge is -2.33. The Morgan fingerprint density at radius 2 is 1.94 bits per heavy atom. The van der Waals surface area contributed by atoms with Crippen LogP contribution in [0.4, 0.5) is 0 Å². The van der Waals surface area contributed by atoms with Crippen LogP contribution in [0.15, 0.2) is 24.3 Å². The first-order chi connectivity index (χ1) is 7.59. The molecule has 1 fully saturated rings. The maximum absolute atomic E-state index is 3.69. The third kappa shape index (κ3) is 2.46. The zero-order chi connectivity index (χ0) is 11.6. The fraction of sp³-hybridized carbons (Fsp3) is 0.600. The number of aryl methyl sites for hydroxylation is 1. The van der Waals surface area contributed by atoms with Crippen molar-refractivity contribution in [2.45, 2.75) is 51.5 Å². The Balaban J connectivity index is 2.02. The van der Waals surface area contributed by atoms with E-state index in [-0.39, 0.29) is 5.41 Å². The van der Waals surface area contributed by atoms with Crippen LogP contribution in [-0.2, 0) is 5.41 Å². The van der Waals surface area contributed by atoms with Gasteiger partial charge in [0.1, 0.15) is 0 Å². The molecule has 1 nitrogen and oxygen atoms in total. The van der Waals surface area contributed by atoms with Gasteiger partial charge in [0.2, 0.25) is 0 Å². The SMILES string of the molecule is Cc1ccccc1C(C)(C)CNC1CCC1. The Bertz CT molecular complexity index is 350. The van der Waals surface area contributed by atoms with Gasteiger partial charge in [-0.3, -0.25) is 0 Å². The minimum absolute atomic E-state index is 0.237. The van der Waals surface area contributed by atoms with Crippen molar-refractivity contribution in [3.05, 3.63) is 35.4 Å². The van der Waals surface area contributed by atoms with Gasteiger partial charge in [0, 0.05) is 18.0 Å². The molecule has 2 rings (SSSR count). The van der Waals surface area contributed by atoms with Gasteiger partial charge in [-0.15, -0.1) is 0 Å². The molecule has 1 aromatic carbocycles. The molecule has 1 heteroatoms. The summed E-state index contributed by atoms with van der Waals surface area (Å²) in [4.78, 5) is 0. The van der Waals surface area contributed by atoms with Crippen LogP contribution >= 0.6 is 0 Å². The highest BCUT2D eigenvalue weighted by molar-refractivity contribution is 5.32. The van der Waals surface area contributed by atoms with E-state index in [1.807, 2.05) is 0 Å². The number of hydrogen-bond acceptors (Lipinski definition) is 1. The van der Waals surface area contributed by atoms with Crippen LogP contribution in [0.2, 0.25) is 0 Å². The molecule has 1 aromatic rings. The van der Waals surface area contributed by atoms with Crippen molar-refractivity contribution in [3.63, 3.8) is 0 Å². The van der Waals surface area contributed by atoms with Gasteiger partial charge < -0.3 is 5.32 Å². The summed E-state index contributed by atoms with van der Waals surface area (Å²) in [5.41, 5.74) is 3.12. The Labute approximate surface area is 99.3 Å². The highest BCUT2D eigenvalue weighted by atomic mass is 14.9. The van der Waals surface area contributed by atoms with E-state index in [4.69, 9.17) is 0 Å². The topological polar surface area (TPSA) is 12.0 Å². The molecule has 0 heterocycles. The molecule has 0 aliphatic heterocycles. The first-order valence-electron chi connectivity index (χ1n) is 6.39. The molecule has 88 valence electrons. The molecule has 1 N–H and O–H groups in total.